The Morgan fingerprint density at radius 2 is 1.97 bits per heavy atom. The molecule has 2 atom stereocenters. The number of aryl methyl sites for hydroxylation is 1. The van der Waals surface area contributed by atoms with Gasteiger partial charge in [-0.25, -0.2) is 15.4 Å². The molecule has 0 spiro atoms. The van der Waals surface area contributed by atoms with E-state index in [1.807, 2.05) is 54.1 Å². The number of halogens is 1. The first-order chi connectivity index (χ1) is 14.6. The van der Waals surface area contributed by atoms with Crippen LogP contribution >= 0.6 is 11.6 Å². The monoisotopic (exact) mass is 423 g/mol. The molecule has 0 bridgehead atoms. The molecule has 1 aromatic carbocycles. The second-order valence-electron chi connectivity index (χ2n) is 7.65. The van der Waals surface area contributed by atoms with E-state index in [0.717, 1.165) is 29.8 Å². The summed E-state index contributed by atoms with van der Waals surface area (Å²) in [5.41, 5.74) is 6.48. The van der Waals surface area contributed by atoms with Gasteiger partial charge >= 0.3 is 0 Å². The summed E-state index contributed by atoms with van der Waals surface area (Å²) in [5.74, 6) is 1.62. The molecule has 1 unspecified atom stereocenters. The molecule has 1 aliphatic heterocycles. The number of amidine groups is 1. The van der Waals surface area contributed by atoms with Crippen LogP contribution in [0.4, 0.5) is 0 Å². The SMILES string of the molecule is COc1nc(C2=N[C@@H](C3CC3)C(c3ccc(Cl)cc3)ON2)ccc1-n1cnc(C)c1. The average molecular weight is 424 g/mol. The van der Waals surface area contributed by atoms with Crippen molar-refractivity contribution in [2.45, 2.75) is 31.9 Å². The minimum absolute atomic E-state index is 0.0335. The summed E-state index contributed by atoms with van der Waals surface area (Å²) in [6, 6.07) is 11.6. The molecule has 154 valence electrons. The minimum Gasteiger partial charge on any atom is -0.479 e. The number of nitrogens with zero attached hydrogens (tertiary/aromatic N) is 4. The number of benzene rings is 1. The molecule has 0 radical (unpaired) electrons. The van der Waals surface area contributed by atoms with Crippen LogP contribution in [0.25, 0.3) is 5.69 Å². The Hall–Kier alpha value is -2.90. The second-order valence-corrected chi connectivity index (χ2v) is 8.08. The summed E-state index contributed by atoms with van der Waals surface area (Å²) in [7, 11) is 1.61. The first kappa shape index (κ1) is 19.1. The van der Waals surface area contributed by atoms with Gasteiger partial charge in [-0.1, -0.05) is 23.7 Å². The predicted molar refractivity (Wildman–Crippen MR) is 114 cm³/mol. The summed E-state index contributed by atoms with van der Waals surface area (Å²) in [6.07, 6.45) is 5.83. The smallest absolute Gasteiger partial charge is 0.238 e. The van der Waals surface area contributed by atoms with Crippen molar-refractivity contribution < 1.29 is 9.57 Å². The van der Waals surface area contributed by atoms with Crippen molar-refractivity contribution >= 4 is 17.4 Å². The van der Waals surface area contributed by atoms with Gasteiger partial charge in [0, 0.05) is 11.2 Å². The number of imidazole rings is 1. The van der Waals surface area contributed by atoms with Crippen LogP contribution in [0.5, 0.6) is 5.88 Å². The Bertz CT molecular complexity index is 1090. The molecule has 8 heteroatoms. The van der Waals surface area contributed by atoms with E-state index >= 15 is 0 Å². The van der Waals surface area contributed by atoms with Gasteiger partial charge in [0.05, 0.1) is 25.2 Å². The Morgan fingerprint density at radius 1 is 1.17 bits per heavy atom. The van der Waals surface area contributed by atoms with Gasteiger partial charge in [-0.05, 0) is 55.5 Å². The Kier molecular flexibility index (Phi) is 4.92. The minimum atomic E-state index is -0.159. The van der Waals surface area contributed by atoms with Gasteiger partial charge in [0.1, 0.15) is 17.5 Å². The molecule has 0 amide bonds. The van der Waals surface area contributed by atoms with Gasteiger partial charge in [-0.15, -0.1) is 0 Å². The highest BCUT2D eigenvalue weighted by Crippen LogP contribution is 2.43. The molecule has 7 nitrogen and oxygen atoms in total. The summed E-state index contributed by atoms with van der Waals surface area (Å²) in [6.45, 7) is 1.94. The number of aliphatic imine (C=N–C) groups is 1. The maximum atomic E-state index is 6.06. The molecule has 3 aromatic rings. The van der Waals surface area contributed by atoms with Crippen molar-refractivity contribution in [3.63, 3.8) is 0 Å². The van der Waals surface area contributed by atoms with E-state index in [2.05, 4.69) is 15.4 Å². The van der Waals surface area contributed by atoms with Crippen LogP contribution in [0.1, 0.15) is 35.9 Å². The molecule has 1 N–H and O–H groups in total. The van der Waals surface area contributed by atoms with Crippen LogP contribution in [0, 0.1) is 12.8 Å². The third-order valence-corrected chi connectivity index (χ3v) is 5.69. The fraction of sp³-hybridized carbons (Fsp3) is 0.318. The molecular formula is C22H22ClN5O2. The van der Waals surface area contributed by atoms with E-state index in [4.69, 9.17) is 26.2 Å². The van der Waals surface area contributed by atoms with Crippen LogP contribution in [0.15, 0.2) is 53.9 Å². The lowest BCUT2D eigenvalue weighted by Crippen LogP contribution is -2.39. The summed E-state index contributed by atoms with van der Waals surface area (Å²) >= 11 is 6.04. The number of methoxy groups -OCH3 is 1. The maximum absolute atomic E-state index is 6.06. The van der Waals surface area contributed by atoms with E-state index in [1.165, 1.54) is 0 Å². The lowest BCUT2D eigenvalue weighted by atomic mass is 9.98. The van der Waals surface area contributed by atoms with Gasteiger partial charge < -0.3 is 9.30 Å². The molecule has 2 aromatic heterocycles. The number of hydroxylamine groups is 1. The largest absolute Gasteiger partial charge is 0.479 e. The summed E-state index contributed by atoms with van der Waals surface area (Å²) in [4.78, 5) is 20.0. The van der Waals surface area contributed by atoms with E-state index in [-0.39, 0.29) is 12.1 Å². The van der Waals surface area contributed by atoms with E-state index in [9.17, 15) is 0 Å². The highest BCUT2D eigenvalue weighted by Gasteiger charge is 2.41. The van der Waals surface area contributed by atoms with Crippen molar-refractivity contribution in [3.05, 3.63) is 70.9 Å². The van der Waals surface area contributed by atoms with E-state index in [1.54, 1.807) is 13.4 Å². The number of ether oxygens (including phenoxy) is 1. The van der Waals surface area contributed by atoms with Gasteiger partial charge in [-0.2, -0.15) is 0 Å². The average Bonchev–Trinajstić information content (AvgIpc) is 3.54. The van der Waals surface area contributed by atoms with Crippen LogP contribution < -0.4 is 10.2 Å². The lowest BCUT2D eigenvalue weighted by Gasteiger charge is -2.30. The number of aromatic nitrogens is 3. The van der Waals surface area contributed by atoms with Crippen LogP contribution in [0.3, 0.4) is 0 Å². The van der Waals surface area contributed by atoms with Crippen molar-refractivity contribution in [3.8, 4) is 11.6 Å². The van der Waals surface area contributed by atoms with E-state index < -0.39 is 0 Å². The molecule has 2 aliphatic rings. The maximum Gasteiger partial charge on any atom is 0.238 e. The summed E-state index contributed by atoms with van der Waals surface area (Å²) < 4.78 is 7.42. The zero-order chi connectivity index (χ0) is 20.7. The molecule has 1 saturated carbocycles. The van der Waals surface area contributed by atoms with Gasteiger partial charge in [0.25, 0.3) is 0 Å². The van der Waals surface area contributed by atoms with Gasteiger partial charge in [0.2, 0.25) is 5.88 Å². The van der Waals surface area contributed by atoms with Crippen molar-refractivity contribution in [1.29, 1.82) is 0 Å². The standard InChI is InChI=1S/C22H22ClN5O2/c1-13-11-28(12-24-13)18-10-9-17(25-22(18)29-2)21-26-19(14-3-4-14)20(30-27-21)15-5-7-16(23)8-6-15/h5-12,14,19-20H,3-4H2,1-2H3,(H,26,27)/t19-,20?/m0/s1. The predicted octanol–water partition coefficient (Wildman–Crippen LogP) is 4.04. The first-order valence-electron chi connectivity index (χ1n) is 9.93. The topological polar surface area (TPSA) is 73.6 Å². The zero-order valence-corrected chi connectivity index (χ0v) is 17.5. The van der Waals surface area contributed by atoms with E-state index in [0.29, 0.717) is 28.4 Å². The third-order valence-electron chi connectivity index (χ3n) is 5.44. The molecule has 30 heavy (non-hydrogen) atoms. The Labute approximate surface area is 179 Å². The number of nitrogens with one attached hydrogen (secondary N) is 1. The first-order valence-corrected chi connectivity index (χ1v) is 10.3. The quantitative estimate of drug-likeness (QED) is 0.670. The Morgan fingerprint density at radius 3 is 2.63 bits per heavy atom. The van der Waals surface area contributed by atoms with Crippen LogP contribution in [-0.2, 0) is 4.84 Å². The summed E-state index contributed by atoms with van der Waals surface area (Å²) in [5, 5.41) is 0.708. The van der Waals surface area contributed by atoms with Crippen LogP contribution in [-0.4, -0.2) is 33.5 Å². The number of pyridine rings is 1. The fourth-order valence-corrected chi connectivity index (χ4v) is 3.85. The van der Waals surface area contributed by atoms with Crippen molar-refractivity contribution in [1.82, 2.24) is 20.0 Å². The molecule has 0 saturated heterocycles. The number of hydrogen-bond acceptors (Lipinski definition) is 6. The van der Waals surface area contributed by atoms with Gasteiger partial charge in [0.15, 0.2) is 5.84 Å². The van der Waals surface area contributed by atoms with Crippen molar-refractivity contribution in [2.75, 3.05) is 7.11 Å². The number of rotatable bonds is 5. The lowest BCUT2D eigenvalue weighted by molar-refractivity contribution is -0.0220. The van der Waals surface area contributed by atoms with Gasteiger partial charge in [-0.3, -0.25) is 9.83 Å². The normalized spacial score (nSPS) is 21.1. The highest BCUT2D eigenvalue weighted by molar-refractivity contribution is 6.30. The molecule has 1 fully saturated rings. The molecule has 5 rings (SSSR count). The van der Waals surface area contributed by atoms with Crippen LogP contribution in [0.2, 0.25) is 5.02 Å². The third kappa shape index (κ3) is 3.66. The second kappa shape index (κ2) is 7.74. The van der Waals surface area contributed by atoms with Crippen molar-refractivity contribution in [2.24, 2.45) is 10.9 Å². The fourth-order valence-electron chi connectivity index (χ4n) is 3.72. The molecule has 1 aliphatic carbocycles. The molecule has 3 heterocycles. The Balaban J connectivity index is 1.46. The number of hydrogen-bond donors (Lipinski definition) is 1. The molecular weight excluding hydrogens is 402 g/mol. The zero-order valence-electron chi connectivity index (χ0n) is 16.7. The highest BCUT2D eigenvalue weighted by atomic mass is 35.5.